The van der Waals surface area contributed by atoms with Crippen molar-refractivity contribution in [2.75, 3.05) is 47.8 Å². The largest absolute Gasteiger partial charge is 0.496 e. The zero-order valence-electron chi connectivity index (χ0n) is 19.2. The van der Waals surface area contributed by atoms with Crippen LogP contribution in [0.5, 0.6) is 34.5 Å². The zero-order chi connectivity index (χ0) is 23.9. The highest BCUT2D eigenvalue weighted by atomic mass is 16.7. The predicted octanol–water partition coefficient (Wildman–Crippen LogP) is 1.70. The van der Waals surface area contributed by atoms with Gasteiger partial charge in [0.25, 0.3) is 0 Å². The van der Waals surface area contributed by atoms with Crippen LogP contribution in [-0.4, -0.2) is 76.0 Å². The Balaban J connectivity index is 1.43. The second-order valence-corrected chi connectivity index (χ2v) is 8.38. The first kappa shape index (κ1) is 22.9. The standard InChI is InChI=1S/C24H28O10/c1-27-16-5-4-6-17(28-2)22(16)34-23-24(26)12-32-21(15(24)11-31-23)14-7-20-19(8-18(14)29-3)30-10-13(9-25)33-20/h4-8,13,15,21,23,25-26H,9-12H2,1-3H3/t13-,15-,21-,23-,24-/m1/s1. The highest BCUT2D eigenvalue weighted by Gasteiger charge is 2.61. The SMILES string of the molecule is COc1cc2c(cc1[C@H]1OC[C@]3(O)[C@@H](Oc4c(OC)cccc4OC)OC[C@H]13)O[C@H](CO)CO2. The number of aliphatic hydroxyl groups excluding tert-OH is 1. The monoisotopic (exact) mass is 476 g/mol. The molecule has 10 heteroatoms. The minimum absolute atomic E-state index is 0.0126. The quantitative estimate of drug-likeness (QED) is 0.612. The summed E-state index contributed by atoms with van der Waals surface area (Å²) in [7, 11) is 4.61. The Hall–Kier alpha value is -2.92. The Labute approximate surface area is 196 Å². The summed E-state index contributed by atoms with van der Waals surface area (Å²) in [6, 6.07) is 8.75. The van der Waals surface area contributed by atoms with Crippen molar-refractivity contribution in [2.45, 2.75) is 24.1 Å². The lowest BCUT2D eigenvalue weighted by Crippen LogP contribution is -2.47. The first-order chi connectivity index (χ1) is 16.5. The highest BCUT2D eigenvalue weighted by molar-refractivity contribution is 5.53. The molecule has 5 rings (SSSR count). The average molecular weight is 476 g/mol. The van der Waals surface area contributed by atoms with Crippen LogP contribution < -0.4 is 28.4 Å². The lowest BCUT2D eigenvalue weighted by Gasteiger charge is -2.29. The number of aliphatic hydroxyl groups is 2. The fraction of sp³-hybridized carbons (Fsp3) is 0.500. The maximum absolute atomic E-state index is 11.6. The molecule has 2 fully saturated rings. The van der Waals surface area contributed by atoms with Crippen molar-refractivity contribution in [1.82, 2.24) is 0 Å². The molecule has 5 atom stereocenters. The molecule has 34 heavy (non-hydrogen) atoms. The van der Waals surface area contributed by atoms with Crippen LogP contribution in [0.4, 0.5) is 0 Å². The molecule has 184 valence electrons. The highest BCUT2D eigenvalue weighted by Crippen LogP contribution is 2.52. The van der Waals surface area contributed by atoms with E-state index >= 15 is 0 Å². The van der Waals surface area contributed by atoms with Gasteiger partial charge in [0.05, 0.1) is 53.2 Å². The second kappa shape index (κ2) is 9.03. The van der Waals surface area contributed by atoms with Crippen molar-refractivity contribution in [3.05, 3.63) is 35.9 Å². The maximum Gasteiger partial charge on any atom is 0.232 e. The van der Waals surface area contributed by atoms with E-state index in [1.54, 1.807) is 37.4 Å². The summed E-state index contributed by atoms with van der Waals surface area (Å²) >= 11 is 0. The third-order valence-electron chi connectivity index (χ3n) is 6.47. The van der Waals surface area contributed by atoms with Crippen LogP contribution >= 0.6 is 0 Å². The molecule has 0 bridgehead atoms. The average Bonchev–Trinajstić information content (AvgIpc) is 3.37. The van der Waals surface area contributed by atoms with Crippen molar-refractivity contribution >= 4 is 0 Å². The van der Waals surface area contributed by atoms with Crippen molar-refractivity contribution in [1.29, 1.82) is 0 Å². The molecule has 3 heterocycles. The molecule has 2 N–H and O–H groups in total. The van der Waals surface area contributed by atoms with Crippen LogP contribution in [0.2, 0.25) is 0 Å². The van der Waals surface area contributed by atoms with Gasteiger partial charge in [0.1, 0.15) is 12.4 Å². The van der Waals surface area contributed by atoms with Gasteiger partial charge in [0.15, 0.2) is 34.7 Å². The molecule has 10 nitrogen and oxygen atoms in total. The van der Waals surface area contributed by atoms with Crippen LogP contribution in [-0.2, 0) is 9.47 Å². The summed E-state index contributed by atoms with van der Waals surface area (Å²) < 4.78 is 46.0. The number of hydrogen-bond acceptors (Lipinski definition) is 10. The molecule has 3 aliphatic heterocycles. The van der Waals surface area contributed by atoms with Gasteiger partial charge in [-0.1, -0.05) is 6.07 Å². The van der Waals surface area contributed by atoms with Crippen LogP contribution in [0.1, 0.15) is 11.7 Å². The van der Waals surface area contributed by atoms with Gasteiger partial charge in [0, 0.05) is 11.6 Å². The van der Waals surface area contributed by atoms with Crippen molar-refractivity contribution < 1.29 is 48.1 Å². The van der Waals surface area contributed by atoms with Crippen LogP contribution in [0.3, 0.4) is 0 Å². The van der Waals surface area contributed by atoms with Crippen molar-refractivity contribution in [3.63, 3.8) is 0 Å². The molecule has 0 amide bonds. The molecule has 2 aromatic carbocycles. The van der Waals surface area contributed by atoms with Gasteiger partial charge >= 0.3 is 0 Å². The molecular formula is C24H28O10. The van der Waals surface area contributed by atoms with E-state index in [1.165, 1.54) is 14.2 Å². The van der Waals surface area contributed by atoms with E-state index in [-0.39, 0.29) is 26.4 Å². The fourth-order valence-corrected chi connectivity index (χ4v) is 4.65. The third-order valence-corrected chi connectivity index (χ3v) is 6.47. The second-order valence-electron chi connectivity index (χ2n) is 8.38. The number of ether oxygens (including phenoxy) is 8. The van der Waals surface area contributed by atoms with E-state index in [2.05, 4.69) is 0 Å². The van der Waals surface area contributed by atoms with Crippen molar-refractivity contribution in [2.24, 2.45) is 5.92 Å². The number of benzene rings is 2. The summed E-state index contributed by atoms with van der Waals surface area (Å²) in [5.74, 6) is 2.34. The van der Waals surface area contributed by atoms with E-state index in [1.807, 2.05) is 0 Å². The molecule has 3 aliphatic rings. The summed E-state index contributed by atoms with van der Waals surface area (Å²) in [5.41, 5.74) is -0.744. The van der Waals surface area contributed by atoms with E-state index in [0.717, 1.165) is 0 Å². The van der Waals surface area contributed by atoms with E-state index in [9.17, 15) is 10.2 Å². The molecule has 2 saturated heterocycles. The van der Waals surface area contributed by atoms with Gasteiger partial charge in [-0.05, 0) is 18.2 Å². The lowest BCUT2D eigenvalue weighted by atomic mass is 9.85. The summed E-state index contributed by atoms with van der Waals surface area (Å²) in [5, 5.41) is 21.1. The zero-order valence-corrected chi connectivity index (χ0v) is 19.2. The number of para-hydroxylation sites is 1. The first-order valence-corrected chi connectivity index (χ1v) is 11.0. The Morgan fingerprint density at radius 2 is 1.71 bits per heavy atom. The smallest absolute Gasteiger partial charge is 0.232 e. The number of hydrogen-bond donors (Lipinski definition) is 2. The van der Waals surface area contributed by atoms with Gasteiger partial charge in [-0.25, -0.2) is 0 Å². The number of methoxy groups -OCH3 is 3. The normalized spacial score (nSPS) is 29.4. The van der Waals surface area contributed by atoms with Crippen molar-refractivity contribution in [3.8, 4) is 34.5 Å². The van der Waals surface area contributed by atoms with Crippen LogP contribution in [0.15, 0.2) is 30.3 Å². The maximum atomic E-state index is 11.6. The first-order valence-electron chi connectivity index (χ1n) is 11.0. The Morgan fingerprint density at radius 1 is 0.971 bits per heavy atom. The predicted molar refractivity (Wildman–Crippen MR) is 117 cm³/mol. The van der Waals surface area contributed by atoms with E-state index in [4.69, 9.17) is 37.9 Å². The molecule has 0 saturated carbocycles. The van der Waals surface area contributed by atoms with Gasteiger partial charge in [0.2, 0.25) is 12.0 Å². The summed E-state index contributed by atoms with van der Waals surface area (Å²) in [6.45, 7) is 0.261. The summed E-state index contributed by atoms with van der Waals surface area (Å²) in [6.07, 6.45) is -2.01. The third kappa shape index (κ3) is 3.67. The molecule has 0 spiro atoms. The van der Waals surface area contributed by atoms with Gasteiger partial charge in [-0.3, -0.25) is 0 Å². The molecular weight excluding hydrogens is 448 g/mol. The van der Waals surface area contributed by atoms with Crippen LogP contribution in [0, 0.1) is 5.92 Å². The van der Waals surface area contributed by atoms with Gasteiger partial charge < -0.3 is 48.1 Å². The fourth-order valence-electron chi connectivity index (χ4n) is 4.65. The number of rotatable bonds is 7. The van der Waals surface area contributed by atoms with Gasteiger partial charge in [-0.15, -0.1) is 0 Å². The molecule has 0 aliphatic carbocycles. The Kier molecular flexibility index (Phi) is 6.07. The Morgan fingerprint density at radius 3 is 2.38 bits per heavy atom. The molecule has 0 aromatic heterocycles. The summed E-state index contributed by atoms with van der Waals surface area (Å²) in [4.78, 5) is 0. The molecule has 2 aromatic rings. The minimum atomic E-state index is -1.43. The van der Waals surface area contributed by atoms with Crippen LogP contribution in [0.25, 0.3) is 0 Å². The van der Waals surface area contributed by atoms with Gasteiger partial charge in [-0.2, -0.15) is 0 Å². The van der Waals surface area contributed by atoms with E-state index < -0.39 is 30.0 Å². The molecule has 0 unspecified atom stereocenters. The topological polar surface area (TPSA) is 114 Å². The Bertz CT molecular complexity index is 1020. The number of fused-ring (bicyclic) bond motifs is 2. The minimum Gasteiger partial charge on any atom is -0.496 e. The van der Waals surface area contributed by atoms with E-state index in [0.29, 0.717) is 40.1 Å². The molecule has 0 radical (unpaired) electrons. The lowest BCUT2D eigenvalue weighted by molar-refractivity contribution is -0.153.